The van der Waals surface area contributed by atoms with Gasteiger partial charge in [0.15, 0.2) is 11.5 Å². The molecule has 4 rings (SSSR count). The SMILES string of the molecule is COc1ccc2c(c1OC)C(=O)N1[C@H](C(=O)NCCN3CCOCC3)CS[C@@H]21. The summed E-state index contributed by atoms with van der Waals surface area (Å²) in [7, 11) is 3.07. The van der Waals surface area contributed by atoms with Crippen molar-refractivity contribution in [3.8, 4) is 11.5 Å². The number of morpholine rings is 1. The molecule has 152 valence electrons. The molecule has 2 fully saturated rings. The van der Waals surface area contributed by atoms with E-state index in [2.05, 4.69) is 10.2 Å². The first-order valence-corrected chi connectivity index (χ1v) is 10.5. The first kappa shape index (κ1) is 19.4. The number of ether oxygens (including phenoxy) is 3. The molecule has 0 radical (unpaired) electrons. The molecule has 0 aliphatic carbocycles. The van der Waals surface area contributed by atoms with Gasteiger partial charge >= 0.3 is 0 Å². The van der Waals surface area contributed by atoms with Crippen LogP contribution in [0.4, 0.5) is 0 Å². The number of rotatable bonds is 6. The Morgan fingerprint density at radius 3 is 2.79 bits per heavy atom. The maximum absolute atomic E-state index is 13.1. The summed E-state index contributed by atoms with van der Waals surface area (Å²) in [6.45, 7) is 4.60. The molecule has 3 heterocycles. The van der Waals surface area contributed by atoms with Crippen molar-refractivity contribution in [3.63, 3.8) is 0 Å². The molecule has 2 amide bonds. The van der Waals surface area contributed by atoms with E-state index >= 15 is 0 Å². The number of nitrogens with one attached hydrogen (secondary N) is 1. The second kappa shape index (κ2) is 8.18. The molecule has 0 spiro atoms. The van der Waals surface area contributed by atoms with Crippen LogP contribution in [0.25, 0.3) is 0 Å². The van der Waals surface area contributed by atoms with Crippen LogP contribution in [0.2, 0.25) is 0 Å². The van der Waals surface area contributed by atoms with Crippen LogP contribution in [-0.2, 0) is 9.53 Å². The molecule has 2 saturated heterocycles. The number of thioether (sulfide) groups is 1. The second-order valence-corrected chi connectivity index (χ2v) is 8.04. The van der Waals surface area contributed by atoms with Crippen molar-refractivity contribution < 1.29 is 23.8 Å². The molecule has 9 heteroatoms. The zero-order valence-corrected chi connectivity index (χ0v) is 16.9. The molecule has 0 bridgehead atoms. The monoisotopic (exact) mass is 407 g/mol. The van der Waals surface area contributed by atoms with Gasteiger partial charge in [-0.3, -0.25) is 14.5 Å². The third-order valence-electron chi connectivity index (χ3n) is 5.43. The number of amides is 2. The third kappa shape index (κ3) is 3.31. The van der Waals surface area contributed by atoms with Gasteiger partial charge in [0.2, 0.25) is 5.91 Å². The predicted molar refractivity (Wildman–Crippen MR) is 105 cm³/mol. The average molecular weight is 407 g/mol. The molecule has 8 nitrogen and oxygen atoms in total. The van der Waals surface area contributed by atoms with Crippen LogP contribution in [0.3, 0.4) is 0 Å². The minimum atomic E-state index is -0.477. The summed E-state index contributed by atoms with van der Waals surface area (Å²) in [5.41, 5.74) is 1.39. The maximum atomic E-state index is 13.1. The topological polar surface area (TPSA) is 80.3 Å². The number of carbonyl (C=O) groups excluding carboxylic acids is 2. The van der Waals surface area contributed by atoms with Gasteiger partial charge in [0.25, 0.3) is 5.91 Å². The van der Waals surface area contributed by atoms with Crippen LogP contribution in [-0.4, -0.2) is 87.0 Å². The Bertz CT molecular complexity index is 768. The largest absolute Gasteiger partial charge is 0.493 e. The Kier molecular flexibility index (Phi) is 5.65. The Balaban J connectivity index is 1.44. The molecule has 1 N–H and O–H groups in total. The van der Waals surface area contributed by atoms with E-state index in [0.29, 0.717) is 29.4 Å². The number of carbonyl (C=O) groups is 2. The van der Waals surface area contributed by atoms with E-state index < -0.39 is 6.04 Å². The van der Waals surface area contributed by atoms with Crippen molar-refractivity contribution >= 4 is 23.6 Å². The fraction of sp³-hybridized carbons (Fsp3) is 0.579. The number of benzene rings is 1. The molecule has 1 aromatic rings. The summed E-state index contributed by atoms with van der Waals surface area (Å²) >= 11 is 1.61. The van der Waals surface area contributed by atoms with E-state index in [-0.39, 0.29) is 17.2 Å². The van der Waals surface area contributed by atoms with E-state index in [1.54, 1.807) is 23.8 Å². The number of nitrogens with zero attached hydrogens (tertiary/aromatic N) is 2. The lowest BCUT2D eigenvalue weighted by Crippen LogP contribution is -2.48. The molecular formula is C19H25N3O5S. The molecule has 3 aliphatic rings. The summed E-state index contributed by atoms with van der Waals surface area (Å²) < 4.78 is 16.1. The van der Waals surface area contributed by atoms with Gasteiger partial charge in [-0.15, -0.1) is 11.8 Å². The minimum absolute atomic E-state index is 0.102. The van der Waals surface area contributed by atoms with E-state index in [1.807, 2.05) is 12.1 Å². The van der Waals surface area contributed by atoms with Crippen molar-refractivity contribution in [2.75, 3.05) is 59.4 Å². The summed E-state index contributed by atoms with van der Waals surface area (Å²) in [5, 5.41) is 2.84. The van der Waals surface area contributed by atoms with E-state index in [0.717, 1.165) is 38.4 Å². The van der Waals surface area contributed by atoms with E-state index in [4.69, 9.17) is 14.2 Å². The summed E-state index contributed by atoms with van der Waals surface area (Å²) in [4.78, 5) is 29.9. The molecule has 28 heavy (non-hydrogen) atoms. The highest BCUT2D eigenvalue weighted by Crippen LogP contribution is 2.52. The van der Waals surface area contributed by atoms with Crippen LogP contribution < -0.4 is 14.8 Å². The third-order valence-corrected chi connectivity index (χ3v) is 6.73. The van der Waals surface area contributed by atoms with Gasteiger partial charge < -0.3 is 24.4 Å². The number of hydrogen-bond donors (Lipinski definition) is 1. The van der Waals surface area contributed by atoms with Crippen LogP contribution >= 0.6 is 11.8 Å². The van der Waals surface area contributed by atoms with Crippen LogP contribution in [0.15, 0.2) is 12.1 Å². The van der Waals surface area contributed by atoms with E-state index in [1.165, 1.54) is 7.11 Å². The smallest absolute Gasteiger partial charge is 0.260 e. The van der Waals surface area contributed by atoms with Gasteiger partial charge in [0, 0.05) is 37.5 Å². The quantitative estimate of drug-likeness (QED) is 0.744. The Labute approximate surface area is 168 Å². The minimum Gasteiger partial charge on any atom is -0.493 e. The van der Waals surface area contributed by atoms with Crippen molar-refractivity contribution in [1.82, 2.24) is 15.1 Å². The van der Waals surface area contributed by atoms with Crippen LogP contribution in [0, 0.1) is 0 Å². The molecule has 0 unspecified atom stereocenters. The van der Waals surface area contributed by atoms with Crippen LogP contribution in [0.5, 0.6) is 11.5 Å². The summed E-state index contributed by atoms with van der Waals surface area (Å²) in [6, 6.07) is 3.23. The second-order valence-electron chi connectivity index (χ2n) is 6.92. The highest BCUT2D eigenvalue weighted by atomic mass is 32.2. The van der Waals surface area contributed by atoms with Crippen molar-refractivity contribution in [1.29, 1.82) is 0 Å². The van der Waals surface area contributed by atoms with Crippen molar-refractivity contribution in [2.45, 2.75) is 11.4 Å². The van der Waals surface area contributed by atoms with Crippen molar-refractivity contribution in [3.05, 3.63) is 23.3 Å². The molecule has 0 saturated carbocycles. The van der Waals surface area contributed by atoms with Crippen molar-refractivity contribution in [2.24, 2.45) is 0 Å². The van der Waals surface area contributed by atoms with Crippen LogP contribution in [0.1, 0.15) is 21.3 Å². The first-order valence-electron chi connectivity index (χ1n) is 9.42. The standard InChI is InChI=1S/C19H25N3O5S/c1-25-14-4-3-12-15(16(14)26-2)18(24)22-13(11-28-19(12)22)17(23)20-5-6-21-7-9-27-10-8-21/h3-4,13,19H,5-11H2,1-2H3,(H,20,23)/t13-,19-/m0/s1. The highest BCUT2D eigenvalue weighted by Gasteiger charge is 2.50. The first-order chi connectivity index (χ1) is 13.7. The Hall–Kier alpha value is -1.97. The molecule has 1 aromatic carbocycles. The van der Waals surface area contributed by atoms with Gasteiger partial charge in [-0.05, 0) is 6.07 Å². The lowest BCUT2D eigenvalue weighted by Gasteiger charge is -2.27. The fourth-order valence-electron chi connectivity index (χ4n) is 3.97. The maximum Gasteiger partial charge on any atom is 0.260 e. The van der Waals surface area contributed by atoms with Gasteiger partial charge in [0.05, 0.1) is 33.0 Å². The lowest BCUT2D eigenvalue weighted by atomic mass is 10.1. The van der Waals surface area contributed by atoms with Gasteiger partial charge in [-0.25, -0.2) is 0 Å². The fourth-order valence-corrected chi connectivity index (χ4v) is 5.43. The average Bonchev–Trinajstić information content (AvgIpc) is 3.28. The Morgan fingerprint density at radius 1 is 1.29 bits per heavy atom. The lowest BCUT2D eigenvalue weighted by molar-refractivity contribution is -0.124. The normalized spacial score (nSPS) is 24.1. The molecule has 0 aromatic heterocycles. The molecule has 2 atom stereocenters. The zero-order valence-electron chi connectivity index (χ0n) is 16.1. The summed E-state index contributed by atoms with van der Waals surface area (Å²) in [6.07, 6.45) is 0. The highest BCUT2D eigenvalue weighted by molar-refractivity contribution is 7.99. The van der Waals surface area contributed by atoms with Gasteiger partial charge in [-0.1, -0.05) is 6.07 Å². The van der Waals surface area contributed by atoms with Gasteiger partial charge in [-0.2, -0.15) is 0 Å². The number of hydrogen-bond acceptors (Lipinski definition) is 7. The summed E-state index contributed by atoms with van der Waals surface area (Å²) in [5.74, 6) is 1.27. The predicted octanol–water partition coefficient (Wildman–Crippen LogP) is 0.722. The number of fused-ring (bicyclic) bond motifs is 3. The van der Waals surface area contributed by atoms with E-state index in [9.17, 15) is 9.59 Å². The molecule has 3 aliphatic heterocycles. The van der Waals surface area contributed by atoms with Gasteiger partial charge in [0.1, 0.15) is 11.4 Å². The zero-order chi connectivity index (χ0) is 19.7. The Morgan fingerprint density at radius 2 is 2.07 bits per heavy atom. The molecular weight excluding hydrogens is 382 g/mol. The number of methoxy groups -OCH3 is 2.